The molecule has 1 aliphatic rings. The van der Waals surface area contributed by atoms with Gasteiger partial charge in [-0.25, -0.2) is 0 Å². The van der Waals surface area contributed by atoms with Gasteiger partial charge in [0.05, 0.1) is 24.9 Å². The van der Waals surface area contributed by atoms with Gasteiger partial charge >= 0.3 is 34.2 Å². The quantitative estimate of drug-likeness (QED) is 0.276. The molecular weight excluding hydrogens is 481 g/mol. The summed E-state index contributed by atoms with van der Waals surface area (Å²) in [7, 11) is -4.40. The molecule has 1 aliphatic heterocycles. The van der Waals surface area contributed by atoms with Gasteiger partial charge < -0.3 is 35.4 Å². The maximum atomic E-state index is 7.19. The van der Waals surface area contributed by atoms with Crippen molar-refractivity contribution in [2.24, 2.45) is 0 Å². The van der Waals surface area contributed by atoms with Crippen molar-refractivity contribution in [1.29, 1.82) is 0 Å². The Balaban J connectivity index is 3.73. The molecule has 8 nitrogen and oxygen atoms in total. The summed E-state index contributed by atoms with van der Waals surface area (Å²) in [5.41, 5.74) is 0. The van der Waals surface area contributed by atoms with Crippen molar-refractivity contribution in [2.45, 2.75) is 77.6 Å². The number of ether oxygens (including phenoxy) is 4. The minimum Gasteiger partial charge on any atom is -0.413 e. The van der Waals surface area contributed by atoms with Crippen LogP contribution in [-0.2, 0) is 35.4 Å². The van der Waals surface area contributed by atoms with Gasteiger partial charge in [-0.05, 0) is 24.2 Å². The number of methoxy groups -OCH3 is 4. The van der Waals surface area contributed by atoms with Crippen LogP contribution in [0.25, 0.3) is 0 Å². The monoisotopic (exact) mass is 528 g/mol. The van der Waals surface area contributed by atoms with E-state index in [1.54, 1.807) is 28.4 Å². The van der Waals surface area contributed by atoms with Crippen molar-refractivity contribution < 1.29 is 35.4 Å². The predicted octanol–water partition coefficient (Wildman–Crippen LogP) is 4.22. The maximum Gasteiger partial charge on any atom is 0.347 e. The molecule has 32 heavy (non-hydrogen) atoms. The lowest BCUT2D eigenvalue weighted by Gasteiger charge is -2.52. The molecule has 0 radical (unpaired) electrons. The second-order valence-electron chi connectivity index (χ2n) is 8.78. The third-order valence-electron chi connectivity index (χ3n) is 5.47. The molecule has 12 heteroatoms. The summed E-state index contributed by atoms with van der Waals surface area (Å²) < 4.78 is 51.7. The largest absolute Gasteiger partial charge is 0.413 e. The van der Waals surface area contributed by atoms with Crippen LogP contribution in [0.4, 0.5) is 0 Å². The van der Waals surface area contributed by atoms with Gasteiger partial charge in [0, 0.05) is 28.4 Å². The van der Waals surface area contributed by atoms with Crippen LogP contribution in [0, 0.1) is 0 Å². The van der Waals surface area contributed by atoms with Crippen molar-refractivity contribution in [3.8, 4) is 0 Å². The second kappa shape index (κ2) is 14.8. The third-order valence-corrected chi connectivity index (χ3v) is 25.3. The van der Waals surface area contributed by atoms with E-state index >= 15 is 0 Å². The number of hydrogen-bond donors (Lipinski definition) is 0. The van der Waals surface area contributed by atoms with Crippen molar-refractivity contribution in [3.63, 3.8) is 0 Å². The molecule has 192 valence electrons. The SMILES string of the molecule is CCC[Si]1(COC)O[Si](CCC)(COC)O[Si](CCC)(COC)O[Si](CCC)(COC)O1. The van der Waals surface area contributed by atoms with Crippen LogP contribution in [-0.4, -0.2) is 87.6 Å². The molecular formula is C20H48O8Si4. The molecule has 0 aliphatic carbocycles. The number of hydrogen-bond acceptors (Lipinski definition) is 8. The Morgan fingerprint density at radius 3 is 0.719 bits per heavy atom. The van der Waals surface area contributed by atoms with E-state index in [-0.39, 0.29) is 0 Å². The van der Waals surface area contributed by atoms with Gasteiger partial charge in [-0.1, -0.05) is 53.4 Å². The lowest BCUT2D eigenvalue weighted by molar-refractivity contribution is 0.114. The summed E-state index contributed by atoms with van der Waals surface area (Å²) in [4.78, 5) is 0. The zero-order chi connectivity index (χ0) is 24.1. The van der Waals surface area contributed by atoms with E-state index in [0.29, 0.717) is 24.9 Å². The zero-order valence-corrected chi connectivity index (χ0v) is 25.8. The highest BCUT2D eigenvalue weighted by molar-refractivity contribution is 6.95. The van der Waals surface area contributed by atoms with Crippen LogP contribution in [0.5, 0.6) is 0 Å². The van der Waals surface area contributed by atoms with Crippen molar-refractivity contribution in [3.05, 3.63) is 0 Å². The van der Waals surface area contributed by atoms with E-state index in [1.807, 2.05) is 0 Å². The van der Waals surface area contributed by atoms with Crippen LogP contribution in [0.2, 0.25) is 24.2 Å². The van der Waals surface area contributed by atoms with Gasteiger partial charge in [0.15, 0.2) is 0 Å². The van der Waals surface area contributed by atoms with Gasteiger partial charge in [-0.3, -0.25) is 0 Å². The first-order valence-electron chi connectivity index (χ1n) is 12.1. The van der Waals surface area contributed by atoms with Crippen LogP contribution in [0.15, 0.2) is 0 Å². The molecule has 1 saturated heterocycles. The maximum absolute atomic E-state index is 7.19. The molecule has 0 aromatic carbocycles. The molecule has 0 N–H and O–H groups in total. The Labute approximate surface area is 200 Å². The van der Waals surface area contributed by atoms with E-state index in [2.05, 4.69) is 27.7 Å². The first-order valence-corrected chi connectivity index (χ1v) is 21.0. The Morgan fingerprint density at radius 1 is 0.406 bits per heavy atom. The molecule has 0 saturated carbocycles. The van der Waals surface area contributed by atoms with Crippen molar-refractivity contribution in [2.75, 3.05) is 53.4 Å². The number of rotatable bonds is 16. The molecule has 0 aromatic rings. The molecule has 0 atom stereocenters. The summed E-state index contributed by atoms with van der Waals surface area (Å²) in [5, 5.41) is 0. The van der Waals surface area contributed by atoms with Crippen LogP contribution >= 0.6 is 0 Å². The fraction of sp³-hybridized carbons (Fsp3) is 1.00. The lowest BCUT2D eigenvalue weighted by atomic mass is 10.6. The van der Waals surface area contributed by atoms with Crippen molar-refractivity contribution in [1.82, 2.24) is 0 Å². The first kappa shape index (κ1) is 30.6. The predicted molar refractivity (Wildman–Crippen MR) is 135 cm³/mol. The summed E-state index contributed by atoms with van der Waals surface area (Å²) in [5.74, 6) is 0. The van der Waals surface area contributed by atoms with Gasteiger partial charge in [0.25, 0.3) is 0 Å². The van der Waals surface area contributed by atoms with Gasteiger partial charge in [0.1, 0.15) is 0 Å². The Morgan fingerprint density at radius 2 is 0.594 bits per heavy atom. The highest BCUT2D eigenvalue weighted by atomic mass is 28.5. The summed E-state index contributed by atoms with van der Waals surface area (Å²) >= 11 is 0. The molecule has 0 aromatic heterocycles. The minimum atomic E-state index is -2.82. The third kappa shape index (κ3) is 8.34. The smallest absolute Gasteiger partial charge is 0.347 e. The van der Waals surface area contributed by atoms with Gasteiger partial charge in [-0.15, -0.1) is 0 Å². The molecule has 1 heterocycles. The van der Waals surface area contributed by atoms with E-state index in [1.165, 1.54) is 0 Å². The highest BCUT2D eigenvalue weighted by Gasteiger charge is 2.62. The van der Waals surface area contributed by atoms with Crippen LogP contribution < -0.4 is 0 Å². The Hall–Kier alpha value is 0.548. The van der Waals surface area contributed by atoms with E-state index < -0.39 is 34.2 Å². The zero-order valence-electron chi connectivity index (χ0n) is 21.8. The molecule has 0 spiro atoms. The Bertz CT molecular complexity index is 386. The normalized spacial score (nSPS) is 33.8. The fourth-order valence-electron chi connectivity index (χ4n) is 4.78. The molecule has 1 rings (SSSR count). The summed E-state index contributed by atoms with van der Waals surface area (Å²) in [6.07, 6.45) is 5.57. The molecule has 0 unspecified atom stereocenters. The summed E-state index contributed by atoms with van der Waals surface area (Å²) in [6, 6.07) is 3.30. The molecule has 0 bridgehead atoms. The molecule has 0 amide bonds. The highest BCUT2D eigenvalue weighted by Crippen LogP contribution is 2.39. The van der Waals surface area contributed by atoms with Crippen LogP contribution in [0.3, 0.4) is 0 Å². The van der Waals surface area contributed by atoms with E-state index in [0.717, 1.165) is 49.9 Å². The summed E-state index contributed by atoms with van der Waals surface area (Å²) in [6.45, 7) is 8.66. The van der Waals surface area contributed by atoms with E-state index in [4.69, 9.17) is 35.4 Å². The van der Waals surface area contributed by atoms with Crippen molar-refractivity contribution >= 4 is 34.2 Å². The van der Waals surface area contributed by atoms with Crippen LogP contribution in [0.1, 0.15) is 53.4 Å². The Kier molecular flexibility index (Phi) is 14.2. The first-order chi connectivity index (χ1) is 15.3. The average molecular weight is 529 g/mol. The lowest BCUT2D eigenvalue weighted by Crippen LogP contribution is -2.74. The molecule has 1 fully saturated rings. The van der Waals surface area contributed by atoms with Gasteiger partial charge in [0.2, 0.25) is 0 Å². The average Bonchev–Trinajstić information content (AvgIpc) is 2.68. The van der Waals surface area contributed by atoms with Gasteiger partial charge in [-0.2, -0.15) is 0 Å². The topological polar surface area (TPSA) is 73.8 Å². The minimum absolute atomic E-state index is 0.449. The standard InChI is InChI=1S/C20H48O8Si4/c1-9-13-29(17-21-5)25-30(14-10-2,18-22-6)27-32(16-12-4,20-24-8)28-31(26-29,15-11-3)19-23-7/h9-20H2,1-8H3. The fourth-order valence-corrected chi connectivity index (χ4v) is 28.3. The van der Waals surface area contributed by atoms with E-state index in [9.17, 15) is 0 Å². The second-order valence-corrected chi connectivity index (χ2v) is 22.5.